The van der Waals surface area contributed by atoms with E-state index in [1.165, 1.54) is 15.4 Å². The van der Waals surface area contributed by atoms with Crippen molar-refractivity contribution in [2.45, 2.75) is 43.9 Å². The third kappa shape index (κ3) is 4.95. The van der Waals surface area contributed by atoms with Gasteiger partial charge in [-0.15, -0.1) is 0 Å². The largest absolute Gasteiger partial charge is 0.349 e. The highest BCUT2D eigenvalue weighted by atomic mass is 79.9. The maximum Gasteiger partial charge on any atom is 0.223 e. The zero-order valence-corrected chi connectivity index (χ0v) is 19.3. The number of carbonyl (C=O) groups excluding carboxylic acids is 1. The number of hydrogen-bond acceptors (Lipinski definition) is 3. The minimum absolute atomic E-state index is 0.00397. The Kier molecular flexibility index (Phi) is 6.60. The lowest BCUT2D eigenvalue weighted by Crippen LogP contribution is -2.44. The van der Waals surface area contributed by atoms with Gasteiger partial charge >= 0.3 is 0 Å². The Morgan fingerprint density at radius 1 is 1.03 bits per heavy atom. The average molecular weight is 491 g/mol. The zero-order chi connectivity index (χ0) is 21.1. The summed E-state index contributed by atoms with van der Waals surface area (Å²) in [5, 5.41) is 3.23. The van der Waals surface area contributed by atoms with E-state index in [1.807, 2.05) is 36.4 Å². The highest BCUT2D eigenvalue weighted by Gasteiger charge is 2.32. The molecule has 0 spiro atoms. The molecule has 160 valence electrons. The van der Waals surface area contributed by atoms with E-state index < -0.39 is 10.0 Å². The highest BCUT2D eigenvalue weighted by molar-refractivity contribution is 9.10. The minimum atomic E-state index is -3.38. The van der Waals surface area contributed by atoms with E-state index in [9.17, 15) is 13.2 Å². The van der Waals surface area contributed by atoms with Crippen LogP contribution in [-0.4, -0.2) is 31.7 Å². The molecule has 7 heteroatoms. The summed E-state index contributed by atoms with van der Waals surface area (Å²) in [4.78, 5) is 12.9. The van der Waals surface area contributed by atoms with Gasteiger partial charge in [0.2, 0.25) is 15.9 Å². The third-order valence-corrected chi connectivity index (χ3v) is 8.55. The zero-order valence-electron chi connectivity index (χ0n) is 16.9. The molecule has 0 bridgehead atoms. The number of piperidine rings is 1. The molecule has 4 rings (SSSR count). The molecule has 1 N–H and O–H groups in total. The maximum absolute atomic E-state index is 12.9. The molecule has 1 fully saturated rings. The van der Waals surface area contributed by atoms with Crippen molar-refractivity contribution in [3.63, 3.8) is 0 Å². The number of halogens is 1. The summed E-state index contributed by atoms with van der Waals surface area (Å²) in [5.74, 6) is -0.0735. The van der Waals surface area contributed by atoms with E-state index in [4.69, 9.17) is 0 Å². The Balaban J connectivity index is 1.33. The highest BCUT2D eigenvalue weighted by Crippen LogP contribution is 2.30. The standard InChI is InChI=1S/C23H27BrN2O3S/c24-20-10-8-17(9-11-20)16-30(28,29)26-14-12-19(13-15-26)23(27)25-22-7-3-5-18-4-1-2-6-21(18)22/h1-2,4,6,8-11,19,22H,3,5,7,12-16H2,(H,25,27)/t22-/m1/s1. The number of rotatable bonds is 5. The number of carbonyl (C=O) groups is 1. The second-order valence-electron chi connectivity index (χ2n) is 8.21. The van der Waals surface area contributed by atoms with E-state index >= 15 is 0 Å². The van der Waals surface area contributed by atoms with Gasteiger partial charge in [-0.05, 0) is 60.9 Å². The van der Waals surface area contributed by atoms with Crippen molar-refractivity contribution < 1.29 is 13.2 Å². The summed E-state index contributed by atoms with van der Waals surface area (Å²) in [7, 11) is -3.38. The average Bonchev–Trinajstić information content (AvgIpc) is 2.75. The number of nitrogens with zero attached hydrogens (tertiary/aromatic N) is 1. The van der Waals surface area contributed by atoms with Gasteiger partial charge in [-0.1, -0.05) is 52.3 Å². The molecule has 1 saturated heterocycles. The number of fused-ring (bicyclic) bond motifs is 1. The van der Waals surface area contributed by atoms with E-state index in [2.05, 4.69) is 33.4 Å². The molecule has 0 saturated carbocycles. The van der Waals surface area contributed by atoms with E-state index in [-0.39, 0.29) is 23.6 Å². The van der Waals surface area contributed by atoms with Gasteiger partial charge in [0, 0.05) is 23.5 Å². The molecule has 1 amide bonds. The number of sulfonamides is 1. The van der Waals surface area contributed by atoms with Gasteiger partial charge in [0.25, 0.3) is 0 Å². The molecule has 1 heterocycles. The molecule has 1 aliphatic carbocycles. The summed E-state index contributed by atoms with van der Waals surface area (Å²) in [5.41, 5.74) is 3.32. The van der Waals surface area contributed by atoms with Crippen LogP contribution in [0.25, 0.3) is 0 Å². The molecule has 30 heavy (non-hydrogen) atoms. The molecule has 0 radical (unpaired) electrons. The predicted molar refractivity (Wildman–Crippen MR) is 121 cm³/mol. The fraction of sp³-hybridized carbons (Fsp3) is 0.435. The molecular formula is C23H27BrN2O3S. The normalized spacial score (nSPS) is 20.5. The van der Waals surface area contributed by atoms with E-state index in [0.29, 0.717) is 25.9 Å². The fourth-order valence-corrected chi connectivity index (χ4v) is 6.30. The molecule has 2 aromatic rings. The van der Waals surface area contributed by atoms with Gasteiger partial charge in [0.05, 0.1) is 11.8 Å². The first kappa shape index (κ1) is 21.5. The molecule has 5 nitrogen and oxygen atoms in total. The van der Waals surface area contributed by atoms with Crippen LogP contribution in [-0.2, 0) is 27.0 Å². The number of hydrogen-bond donors (Lipinski definition) is 1. The van der Waals surface area contributed by atoms with Crippen molar-refractivity contribution in [1.29, 1.82) is 0 Å². The van der Waals surface area contributed by atoms with Crippen molar-refractivity contribution in [3.05, 3.63) is 69.7 Å². The molecular weight excluding hydrogens is 464 g/mol. The second kappa shape index (κ2) is 9.20. The Morgan fingerprint density at radius 3 is 2.47 bits per heavy atom. The van der Waals surface area contributed by atoms with Gasteiger partial charge in [-0.2, -0.15) is 0 Å². The summed E-state index contributed by atoms with van der Waals surface area (Å²) in [6.45, 7) is 0.802. The first-order valence-corrected chi connectivity index (χ1v) is 12.9. The lowest BCUT2D eigenvalue weighted by Gasteiger charge is -2.32. The smallest absolute Gasteiger partial charge is 0.223 e. The number of amides is 1. The Bertz CT molecular complexity index is 999. The number of aryl methyl sites for hydroxylation is 1. The van der Waals surface area contributed by atoms with Crippen molar-refractivity contribution in [2.24, 2.45) is 5.92 Å². The van der Waals surface area contributed by atoms with Gasteiger partial charge in [-0.25, -0.2) is 12.7 Å². The summed E-state index contributed by atoms with van der Waals surface area (Å²) in [6, 6.07) is 15.7. The van der Waals surface area contributed by atoms with Gasteiger partial charge in [0.15, 0.2) is 0 Å². The fourth-order valence-electron chi connectivity index (χ4n) is 4.47. The summed E-state index contributed by atoms with van der Waals surface area (Å²) >= 11 is 3.37. The van der Waals surface area contributed by atoms with Crippen LogP contribution in [0.4, 0.5) is 0 Å². The lowest BCUT2D eigenvalue weighted by molar-refractivity contribution is -0.127. The van der Waals surface area contributed by atoms with Crippen molar-refractivity contribution >= 4 is 31.9 Å². The van der Waals surface area contributed by atoms with Crippen LogP contribution in [0.1, 0.15) is 48.4 Å². The molecule has 2 aromatic carbocycles. The van der Waals surface area contributed by atoms with Crippen LogP contribution in [0.15, 0.2) is 53.0 Å². The first-order valence-electron chi connectivity index (χ1n) is 10.5. The number of nitrogens with one attached hydrogen (secondary N) is 1. The summed E-state index contributed by atoms with van der Waals surface area (Å²) < 4.78 is 28.0. The summed E-state index contributed by atoms with van der Waals surface area (Å²) in [6.07, 6.45) is 4.24. The van der Waals surface area contributed by atoms with E-state index in [1.54, 1.807) is 0 Å². The topological polar surface area (TPSA) is 66.5 Å². The third-order valence-electron chi connectivity index (χ3n) is 6.17. The Morgan fingerprint density at radius 2 is 1.73 bits per heavy atom. The van der Waals surface area contributed by atoms with Crippen LogP contribution in [0.3, 0.4) is 0 Å². The monoisotopic (exact) mass is 490 g/mol. The van der Waals surface area contributed by atoms with Crippen molar-refractivity contribution in [3.8, 4) is 0 Å². The molecule has 0 unspecified atom stereocenters. The molecule has 1 atom stereocenters. The SMILES string of the molecule is O=C(N[C@@H]1CCCc2ccccc21)C1CCN(S(=O)(=O)Cc2ccc(Br)cc2)CC1. The van der Waals surface area contributed by atoms with Crippen LogP contribution >= 0.6 is 15.9 Å². The molecule has 0 aromatic heterocycles. The van der Waals surface area contributed by atoms with Crippen LogP contribution in [0, 0.1) is 5.92 Å². The van der Waals surface area contributed by atoms with Gasteiger partial charge in [-0.3, -0.25) is 4.79 Å². The second-order valence-corrected chi connectivity index (χ2v) is 11.1. The first-order chi connectivity index (χ1) is 14.4. The van der Waals surface area contributed by atoms with Gasteiger partial charge in [0.1, 0.15) is 0 Å². The minimum Gasteiger partial charge on any atom is -0.349 e. The van der Waals surface area contributed by atoms with E-state index in [0.717, 1.165) is 29.3 Å². The molecule has 2 aliphatic rings. The maximum atomic E-state index is 12.9. The van der Waals surface area contributed by atoms with Crippen molar-refractivity contribution in [1.82, 2.24) is 9.62 Å². The lowest BCUT2D eigenvalue weighted by atomic mass is 9.87. The Hall–Kier alpha value is -1.70. The quantitative estimate of drug-likeness (QED) is 0.683. The number of benzene rings is 2. The van der Waals surface area contributed by atoms with Crippen LogP contribution in [0.5, 0.6) is 0 Å². The Labute approximate surface area is 187 Å². The van der Waals surface area contributed by atoms with Crippen LogP contribution < -0.4 is 5.32 Å². The molecule has 1 aliphatic heterocycles. The van der Waals surface area contributed by atoms with Gasteiger partial charge < -0.3 is 5.32 Å². The van der Waals surface area contributed by atoms with Crippen molar-refractivity contribution in [2.75, 3.05) is 13.1 Å². The predicted octanol–water partition coefficient (Wildman–Crippen LogP) is 4.18. The van der Waals surface area contributed by atoms with Crippen LogP contribution in [0.2, 0.25) is 0 Å².